The smallest absolute Gasteiger partial charge is 0.138 e. The minimum Gasteiger partial charge on any atom is -0.367 e. The molecule has 0 amide bonds. The first kappa shape index (κ1) is 16.3. The van der Waals surface area contributed by atoms with Gasteiger partial charge in [0.15, 0.2) is 0 Å². The van der Waals surface area contributed by atoms with Crippen LogP contribution in [-0.2, 0) is 11.8 Å². The van der Waals surface area contributed by atoms with Crippen LogP contribution in [0.25, 0.3) is 10.2 Å². The van der Waals surface area contributed by atoms with Gasteiger partial charge >= 0.3 is 0 Å². The third-order valence-corrected chi connectivity index (χ3v) is 6.75. The van der Waals surface area contributed by atoms with Crippen LogP contribution in [0.2, 0.25) is 0 Å². The second-order valence-electron chi connectivity index (χ2n) is 7.92. The maximum atomic E-state index is 4.67. The average molecular weight is 345 g/mol. The van der Waals surface area contributed by atoms with Gasteiger partial charge in [-0.1, -0.05) is 13.8 Å². The van der Waals surface area contributed by atoms with Crippen LogP contribution >= 0.6 is 11.3 Å². The molecule has 2 aliphatic rings. The summed E-state index contributed by atoms with van der Waals surface area (Å²) in [5, 5.41) is 8.60. The van der Waals surface area contributed by atoms with Crippen LogP contribution in [0.3, 0.4) is 0 Å². The molecule has 0 bridgehead atoms. The van der Waals surface area contributed by atoms with Crippen molar-refractivity contribution in [3.63, 3.8) is 0 Å². The molecular formula is C19H28N4S. The Morgan fingerprint density at radius 2 is 1.96 bits per heavy atom. The van der Waals surface area contributed by atoms with E-state index in [2.05, 4.69) is 34.4 Å². The largest absolute Gasteiger partial charge is 0.367 e. The lowest BCUT2D eigenvalue weighted by atomic mass is 9.75. The van der Waals surface area contributed by atoms with Crippen molar-refractivity contribution >= 4 is 27.4 Å². The number of fused-ring (bicyclic) bond motifs is 3. The van der Waals surface area contributed by atoms with E-state index in [1.165, 1.54) is 65.6 Å². The van der Waals surface area contributed by atoms with Crippen LogP contribution in [0, 0.1) is 0 Å². The van der Waals surface area contributed by atoms with E-state index in [9.17, 15) is 0 Å². The van der Waals surface area contributed by atoms with Crippen LogP contribution in [0.15, 0.2) is 6.33 Å². The van der Waals surface area contributed by atoms with E-state index in [0.29, 0.717) is 6.04 Å². The second-order valence-corrected chi connectivity index (χ2v) is 9.00. The number of thiophene rings is 1. The Labute approximate surface area is 148 Å². The van der Waals surface area contributed by atoms with Gasteiger partial charge in [0, 0.05) is 10.9 Å². The highest BCUT2D eigenvalue weighted by molar-refractivity contribution is 7.19. The van der Waals surface area contributed by atoms with Gasteiger partial charge in [-0.15, -0.1) is 11.3 Å². The van der Waals surface area contributed by atoms with Crippen molar-refractivity contribution in [1.29, 1.82) is 0 Å². The lowest BCUT2D eigenvalue weighted by Gasteiger charge is -2.31. The summed E-state index contributed by atoms with van der Waals surface area (Å²) in [6, 6.07) is 0.535. The molecule has 2 aromatic heterocycles. The summed E-state index contributed by atoms with van der Waals surface area (Å²) >= 11 is 1.88. The fourth-order valence-corrected chi connectivity index (χ4v) is 5.71. The maximum absolute atomic E-state index is 4.67. The van der Waals surface area contributed by atoms with Crippen LogP contribution < -0.4 is 10.6 Å². The number of nitrogens with one attached hydrogen (secondary N) is 2. The van der Waals surface area contributed by atoms with Crippen molar-refractivity contribution in [2.24, 2.45) is 0 Å². The first-order valence-corrected chi connectivity index (χ1v) is 10.2. The average Bonchev–Trinajstić information content (AvgIpc) is 2.90. The highest BCUT2D eigenvalue weighted by Gasteiger charge is 2.33. The first-order chi connectivity index (χ1) is 11.6. The molecule has 0 atom stereocenters. The van der Waals surface area contributed by atoms with E-state index >= 15 is 0 Å². The molecule has 5 heteroatoms. The van der Waals surface area contributed by atoms with Gasteiger partial charge in [0.1, 0.15) is 17.0 Å². The highest BCUT2D eigenvalue weighted by Crippen LogP contribution is 2.46. The Morgan fingerprint density at radius 3 is 2.75 bits per heavy atom. The topological polar surface area (TPSA) is 49.8 Å². The van der Waals surface area contributed by atoms with E-state index < -0.39 is 0 Å². The Balaban J connectivity index is 1.71. The number of nitrogens with zero attached hydrogens (tertiary/aromatic N) is 2. The van der Waals surface area contributed by atoms with Crippen LogP contribution in [0.5, 0.6) is 0 Å². The standard InChI is InChI=1S/C19H28N4S/c1-19(2)9-3-8-14-16(19)15-17(21-12-22-18(15)24-14)23-13-6-4-10-20-11-5-7-13/h12-13,20H,3-11H2,1-2H3,(H,21,22,23). The fourth-order valence-electron chi connectivity index (χ4n) is 4.35. The van der Waals surface area contributed by atoms with Crippen molar-refractivity contribution in [1.82, 2.24) is 15.3 Å². The first-order valence-electron chi connectivity index (χ1n) is 9.39. The molecule has 1 saturated heterocycles. The summed E-state index contributed by atoms with van der Waals surface area (Å²) < 4.78 is 0. The van der Waals surface area contributed by atoms with E-state index in [1.807, 2.05) is 11.3 Å². The molecule has 0 saturated carbocycles. The predicted octanol–water partition coefficient (Wildman–Crippen LogP) is 4.25. The van der Waals surface area contributed by atoms with Gasteiger partial charge in [0.25, 0.3) is 0 Å². The number of hydrogen-bond acceptors (Lipinski definition) is 5. The van der Waals surface area contributed by atoms with Crippen LogP contribution in [0.1, 0.15) is 62.8 Å². The summed E-state index contributed by atoms with van der Waals surface area (Å²) in [5.74, 6) is 1.08. The van der Waals surface area contributed by atoms with Crippen LogP contribution in [-0.4, -0.2) is 29.1 Å². The van der Waals surface area contributed by atoms with Gasteiger partial charge in [-0.25, -0.2) is 9.97 Å². The summed E-state index contributed by atoms with van der Waals surface area (Å²) in [6.45, 7) is 7.04. The fraction of sp³-hybridized carbons (Fsp3) is 0.684. The molecular weight excluding hydrogens is 316 g/mol. The maximum Gasteiger partial charge on any atom is 0.138 e. The molecule has 24 heavy (non-hydrogen) atoms. The summed E-state index contributed by atoms with van der Waals surface area (Å²) in [4.78, 5) is 12.0. The molecule has 1 aliphatic heterocycles. The Morgan fingerprint density at radius 1 is 1.17 bits per heavy atom. The molecule has 2 N–H and O–H groups in total. The Bertz CT molecular complexity index is 713. The number of aryl methyl sites for hydroxylation is 1. The zero-order valence-electron chi connectivity index (χ0n) is 14.8. The van der Waals surface area contributed by atoms with E-state index in [1.54, 1.807) is 6.33 Å². The minimum absolute atomic E-state index is 0.234. The summed E-state index contributed by atoms with van der Waals surface area (Å²) in [6.07, 6.45) is 10.4. The second kappa shape index (κ2) is 6.60. The lowest BCUT2D eigenvalue weighted by Crippen LogP contribution is -2.28. The molecule has 0 unspecified atom stereocenters. The summed E-state index contributed by atoms with van der Waals surface area (Å²) in [5.41, 5.74) is 1.75. The van der Waals surface area contributed by atoms with Crippen molar-refractivity contribution in [2.45, 2.75) is 70.3 Å². The van der Waals surface area contributed by atoms with Crippen molar-refractivity contribution < 1.29 is 0 Å². The number of hydrogen-bond donors (Lipinski definition) is 2. The van der Waals surface area contributed by atoms with Crippen LogP contribution in [0.4, 0.5) is 5.82 Å². The van der Waals surface area contributed by atoms with Gasteiger partial charge in [-0.2, -0.15) is 0 Å². The molecule has 1 aliphatic carbocycles. The minimum atomic E-state index is 0.234. The lowest BCUT2D eigenvalue weighted by molar-refractivity contribution is 0.440. The molecule has 0 aromatic carbocycles. The molecule has 4 rings (SSSR count). The number of rotatable bonds is 2. The van der Waals surface area contributed by atoms with Gasteiger partial charge in [-0.05, 0) is 69.0 Å². The van der Waals surface area contributed by atoms with Crippen molar-refractivity contribution in [2.75, 3.05) is 18.4 Å². The normalized spacial score (nSPS) is 21.9. The quantitative estimate of drug-likeness (QED) is 0.855. The molecule has 130 valence electrons. The van der Waals surface area contributed by atoms with Crippen molar-refractivity contribution in [3.05, 3.63) is 16.8 Å². The van der Waals surface area contributed by atoms with E-state index in [4.69, 9.17) is 0 Å². The van der Waals surface area contributed by atoms with E-state index in [0.717, 1.165) is 18.9 Å². The van der Waals surface area contributed by atoms with Gasteiger partial charge in [-0.3, -0.25) is 0 Å². The monoisotopic (exact) mass is 344 g/mol. The summed E-state index contributed by atoms with van der Waals surface area (Å²) in [7, 11) is 0. The highest BCUT2D eigenvalue weighted by atomic mass is 32.1. The molecule has 3 heterocycles. The molecule has 0 radical (unpaired) electrons. The zero-order chi connectivity index (χ0) is 16.6. The van der Waals surface area contributed by atoms with Crippen molar-refractivity contribution in [3.8, 4) is 0 Å². The Kier molecular flexibility index (Phi) is 4.48. The SMILES string of the molecule is CC1(C)CCCc2sc3ncnc(NC4CCCNCCC4)c3c21. The Hall–Kier alpha value is -1.20. The van der Waals surface area contributed by atoms with Gasteiger partial charge in [0.2, 0.25) is 0 Å². The third-order valence-electron chi connectivity index (χ3n) is 5.60. The van der Waals surface area contributed by atoms with Gasteiger partial charge < -0.3 is 10.6 Å². The number of aromatic nitrogens is 2. The third kappa shape index (κ3) is 3.04. The number of anilines is 1. The molecule has 2 aromatic rings. The van der Waals surface area contributed by atoms with E-state index in [-0.39, 0.29) is 5.41 Å². The molecule has 1 fully saturated rings. The predicted molar refractivity (Wildman–Crippen MR) is 102 cm³/mol. The molecule has 4 nitrogen and oxygen atoms in total. The van der Waals surface area contributed by atoms with Gasteiger partial charge in [0.05, 0.1) is 5.39 Å². The zero-order valence-corrected chi connectivity index (χ0v) is 15.6. The molecule has 0 spiro atoms.